The highest BCUT2D eigenvalue weighted by molar-refractivity contribution is 4.90. The summed E-state index contributed by atoms with van der Waals surface area (Å²) >= 11 is 0. The zero-order valence-electron chi connectivity index (χ0n) is 11.4. The number of unbranched alkanes of at least 4 members (excludes halogenated alkanes) is 3. The lowest BCUT2D eigenvalue weighted by atomic mass is 10.1. The van der Waals surface area contributed by atoms with Crippen molar-refractivity contribution >= 4 is 0 Å². The lowest BCUT2D eigenvalue weighted by Crippen LogP contribution is -2.25. The molecule has 1 rings (SSSR count). The molecule has 0 fully saturated rings. The molecule has 0 spiro atoms. The van der Waals surface area contributed by atoms with Gasteiger partial charge in [0.2, 0.25) is 0 Å². The van der Waals surface area contributed by atoms with Crippen molar-refractivity contribution in [3.05, 3.63) is 12.2 Å². The third-order valence-corrected chi connectivity index (χ3v) is 3.01. The van der Waals surface area contributed by atoms with Crippen molar-refractivity contribution < 1.29 is 0 Å². The average Bonchev–Trinajstić information content (AvgIpc) is 2.72. The Morgan fingerprint density at radius 1 is 1.29 bits per heavy atom. The van der Waals surface area contributed by atoms with Crippen LogP contribution >= 0.6 is 0 Å². The molecule has 1 aromatic heterocycles. The Morgan fingerprint density at radius 3 is 2.71 bits per heavy atom. The molecule has 0 aliphatic heterocycles. The van der Waals surface area contributed by atoms with Crippen LogP contribution in [-0.2, 0) is 6.42 Å². The minimum Gasteiger partial charge on any atom is -0.327 e. The largest absolute Gasteiger partial charge is 0.327 e. The first-order chi connectivity index (χ1) is 8.15. The number of nitrogens with zero attached hydrogens (tertiary/aromatic N) is 3. The Morgan fingerprint density at radius 2 is 2.06 bits per heavy atom. The van der Waals surface area contributed by atoms with E-state index < -0.39 is 0 Å². The van der Waals surface area contributed by atoms with Crippen LogP contribution in [0.25, 0.3) is 0 Å². The van der Waals surface area contributed by atoms with Crippen LogP contribution in [0.4, 0.5) is 0 Å². The van der Waals surface area contributed by atoms with Crippen molar-refractivity contribution in [3.8, 4) is 0 Å². The van der Waals surface area contributed by atoms with Crippen molar-refractivity contribution in [2.24, 2.45) is 5.73 Å². The van der Waals surface area contributed by atoms with E-state index in [9.17, 15) is 0 Å². The molecule has 4 heteroatoms. The van der Waals surface area contributed by atoms with Gasteiger partial charge in [-0.2, -0.15) is 5.10 Å². The molecule has 17 heavy (non-hydrogen) atoms. The maximum Gasteiger partial charge on any atom is 0.138 e. The van der Waals surface area contributed by atoms with E-state index in [1.165, 1.54) is 25.7 Å². The SMILES string of the molecule is CCCCCCC(N)Cc1ncnn1C(C)C. The monoisotopic (exact) mass is 238 g/mol. The summed E-state index contributed by atoms with van der Waals surface area (Å²) in [6, 6.07) is 0.577. The minimum atomic E-state index is 0.216. The highest BCUT2D eigenvalue weighted by atomic mass is 15.3. The Kier molecular flexibility index (Phi) is 6.19. The molecule has 2 N–H and O–H groups in total. The zero-order valence-corrected chi connectivity index (χ0v) is 11.4. The van der Waals surface area contributed by atoms with Gasteiger partial charge in [0.1, 0.15) is 12.2 Å². The second-order valence-corrected chi connectivity index (χ2v) is 5.03. The van der Waals surface area contributed by atoms with Gasteiger partial charge in [0.15, 0.2) is 0 Å². The molecule has 0 aromatic carbocycles. The van der Waals surface area contributed by atoms with Crippen LogP contribution in [0.2, 0.25) is 0 Å². The molecule has 0 aliphatic carbocycles. The van der Waals surface area contributed by atoms with Crippen LogP contribution < -0.4 is 5.73 Å². The van der Waals surface area contributed by atoms with E-state index in [1.807, 2.05) is 4.68 Å². The fraction of sp³-hybridized carbons (Fsp3) is 0.846. The number of nitrogens with two attached hydrogens (primary N) is 1. The van der Waals surface area contributed by atoms with E-state index >= 15 is 0 Å². The van der Waals surface area contributed by atoms with Crippen LogP contribution in [0.15, 0.2) is 6.33 Å². The lowest BCUT2D eigenvalue weighted by molar-refractivity contribution is 0.475. The highest BCUT2D eigenvalue weighted by Gasteiger charge is 2.11. The van der Waals surface area contributed by atoms with Crippen molar-refractivity contribution in [1.82, 2.24) is 14.8 Å². The number of aromatic nitrogens is 3. The number of rotatable bonds is 8. The Balaban J connectivity index is 2.34. The number of hydrogen-bond acceptors (Lipinski definition) is 3. The predicted octanol–water partition coefficient (Wildman–Crippen LogP) is 2.70. The van der Waals surface area contributed by atoms with Gasteiger partial charge in [-0.1, -0.05) is 32.6 Å². The Labute approximate surface area is 105 Å². The first-order valence-electron chi connectivity index (χ1n) is 6.79. The summed E-state index contributed by atoms with van der Waals surface area (Å²) in [6.07, 6.45) is 8.66. The summed E-state index contributed by atoms with van der Waals surface area (Å²) in [5, 5.41) is 4.23. The van der Waals surface area contributed by atoms with E-state index in [0.717, 1.165) is 18.7 Å². The van der Waals surface area contributed by atoms with Gasteiger partial charge >= 0.3 is 0 Å². The van der Waals surface area contributed by atoms with E-state index in [-0.39, 0.29) is 6.04 Å². The summed E-state index contributed by atoms with van der Waals surface area (Å²) in [5.41, 5.74) is 6.14. The second-order valence-electron chi connectivity index (χ2n) is 5.03. The average molecular weight is 238 g/mol. The van der Waals surface area contributed by atoms with Crippen molar-refractivity contribution in [2.45, 2.75) is 71.4 Å². The molecular formula is C13H26N4. The number of hydrogen-bond donors (Lipinski definition) is 1. The van der Waals surface area contributed by atoms with E-state index in [2.05, 4.69) is 30.9 Å². The smallest absolute Gasteiger partial charge is 0.138 e. The molecule has 1 heterocycles. The van der Waals surface area contributed by atoms with Gasteiger partial charge in [-0.05, 0) is 20.3 Å². The van der Waals surface area contributed by atoms with Crippen molar-refractivity contribution in [1.29, 1.82) is 0 Å². The maximum atomic E-state index is 6.14. The van der Waals surface area contributed by atoms with Crippen LogP contribution in [0.5, 0.6) is 0 Å². The molecule has 0 radical (unpaired) electrons. The predicted molar refractivity (Wildman–Crippen MR) is 70.8 cm³/mol. The van der Waals surface area contributed by atoms with Gasteiger partial charge in [-0.25, -0.2) is 9.67 Å². The fourth-order valence-corrected chi connectivity index (χ4v) is 2.02. The molecule has 1 aromatic rings. The van der Waals surface area contributed by atoms with Gasteiger partial charge in [0, 0.05) is 18.5 Å². The van der Waals surface area contributed by atoms with E-state index in [4.69, 9.17) is 5.73 Å². The summed E-state index contributed by atoms with van der Waals surface area (Å²) < 4.78 is 1.96. The molecular weight excluding hydrogens is 212 g/mol. The van der Waals surface area contributed by atoms with Crippen LogP contribution in [-0.4, -0.2) is 20.8 Å². The van der Waals surface area contributed by atoms with Gasteiger partial charge in [-0.3, -0.25) is 0 Å². The molecule has 1 atom stereocenters. The van der Waals surface area contributed by atoms with Gasteiger partial charge in [0.05, 0.1) is 0 Å². The third-order valence-electron chi connectivity index (χ3n) is 3.01. The van der Waals surface area contributed by atoms with Crippen LogP contribution in [0, 0.1) is 0 Å². The normalized spacial score (nSPS) is 13.2. The summed E-state index contributed by atoms with van der Waals surface area (Å²) in [7, 11) is 0. The molecule has 0 saturated heterocycles. The van der Waals surface area contributed by atoms with Crippen LogP contribution in [0.3, 0.4) is 0 Å². The zero-order chi connectivity index (χ0) is 12.7. The van der Waals surface area contributed by atoms with Gasteiger partial charge in [-0.15, -0.1) is 0 Å². The first kappa shape index (κ1) is 14.2. The van der Waals surface area contributed by atoms with E-state index in [0.29, 0.717) is 6.04 Å². The summed E-state index contributed by atoms with van der Waals surface area (Å²) in [5.74, 6) is 1.02. The van der Waals surface area contributed by atoms with Crippen LogP contribution in [0.1, 0.15) is 64.7 Å². The Bertz CT molecular complexity index is 306. The molecule has 98 valence electrons. The van der Waals surface area contributed by atoms with Crippen molar-refractivity contribution in [2.75, 3.05) is 0 Å². The molecule has 1 unspecified atom stereocenters. The summed E-state index contributed by atoms with van der Waals surface area (Å²) in [6.45, 7) is 6.46. The fourth-order valence-electron chi connectivity index (χ4n) is 2.02. The highest BCUT2D eigenvalue weighted by Crippen LogP contribution is 2.10. The topological polar surface area (TPSA) is 56.7 Å². The summed E-state index contributed by atoms with van der Waals surface area (Å²) in [4.78, 5) is 4.29. The standard InChI is InChI=1S/C13H26N4/c1-4-5-6-7-8-12(14)9-13-15-10-16-17(13)11(2)3/h10-12H,4-9,14H2,1-3H3. The molecule has 0 bridgehead atoms. The van der Waals surface area contributed by atoms with Gasteiger partial charge in [0.25, 0.3) is 0 Å². The first-order valence-corrected chi connectivity index (χ1v) is 6.79. The lowest BCUT2D eigenvalue weighted by Gasteiger charge is -2.13. The molecule has 0 saturated carbocycles. The Hall–Kier alpha value is -0.900. The third kappa shape index (κ3) is 4.86. The quantitative estimate of drug-likeness (QED) is 0.708. The molecule has 4 nitrogen and oxygen atoms in total. The molecule has 0 aliphatic rings. The minimum absolute atomic E-state index is 0.216. The van der Waals surface area contributed by atoms with E-state index in [1.54, 1.807) is 6.33 Å². The van der Waals surface area contributed by atoms with Crippen molar-refractivity contribution in [3.63, 3.8) is 0 Å². The maximum absolute atomic E-state index is 6.14. The molecule has 0 amide bonds. The second kappa shape index (κ2) is 7.43. The van der Waals surface area contributed by atoms with Gasteiger partial charge < -0.3 is 5.73 Å².